The van der Waals surface area contributed by atoms with Gasteiger partial charge in [0, 0.05) is 0 Å². The summed E-state index contributed by atoms with van der Waals surface area (Å²) < 4.78 is 10.4. The fourth-order valence-corrected chi connectivity index (χ4v) is 3.82. The molecule has 1 heterocycles. The van der Waals surface area contributed by atoms with Gasteiger partial charge in [0.1, 0.15) is 6.10 Å². The van der Waals surface area contributed by atoms with Gasteiger partial charge in [-0.3, -0.25) is 9.59 Å². The van der Waals surface area contributed by atoms with Crippen LogP contribution in [0.15, 0.2) is 0 Å². The van der Waals surface area contributed by atoms with Crippen LogP contribution >= 0.6 is 0 Å². The number of hydrogen-bond donors (Lipinski definition) is 0. The summed E-state index contributed by atoms with van der Waals surface area (Å²) in [6.45, 7) is 2.27. The van der Waals surface area contributed by atoms with E-state index in [0.717, 1.165) is 12.3 Å². The quantitative estimate of drug-likeness (QED) is 0.720. The lowest BCUT2D eigenvalue weighted by Gasteiger charge is -2.23. The number of cyclic esters (lactones) is 1. The summed E-state index contributed by atoms with van der Waals surface area (Å²) in [4.78, 5) is 23.6. The highest BCUT2D eigenvalue weighted by molar-refractivity contribution is 5.77. The van der Waals surface area contributed by atoms with Gasteiger partial charge in [-0.2, -0.15) is 0 Å². The topological polar surface area (TPSA) is 52.6 Å². The molecule has 1 saturated heterocycles. The van der Waals surface area contributed by atoms with Crippen molar-refractivity contribution in [1.29, 1.82) is 0 Å². The second-order valence-electron chi connectivity index (χ2n) is 5.99. The molecule has 4 nitrogen and oxygen atoms in total. The highest BCUT2D eigenvalue weighted by Gasteiger charge is 2.45. The summed E-state index contributed by atoms with van der Waals surface area (Å²) in [6.07, 6.45) is 4.96. The Balaban J connectivity index is 1.56. The molecule has 0 aromatic carbocycles. The molecule has 3 rings (SSSR count). The van der Waals surface area contributed by atoms with Gasteiger partial charge in [0.05, 0.1) is 18.4 Å². The van der Waals surface area contributed by atoms with Crippen molar-refractivity contribution in [3.05, 3.63) is 0 Å². The number of rotatable bonds is 3. The molecule has 5 atom stereocenters. The summed E-state index contributed by atoms with van der Waals surface area (Å²) >= 11 is 0. The van der Waals surface area contributed by atoms with E-state index in [1.165, 1.54) is 19.3 Å². The van der Waals surface area contributed by atoms with Crippen LogP contribution in [0.2, 0.25) is 0 Å². The van der Waals surface area contributed by atoms with E-state index >= 15 is 0 Å². The van der Waals surface area contributed by atoms with Gasteiger partial charge in [0.25, 0.3) is 0 Å². The Labute approximate surface area is 107 Å². The first-order valence-corrected chi connectivity index (χ1v) is 7.02. The largest absolute Gasteiger partial charge is 0.465 e. The van der Waals surface area contributed by atoms with Crippen LogP contribution in [0.4, 0.5) is 0 Å². The van der Waals surface area contributed by atoms with Crippen molar-refractivity contribution in [2.75, 3.05) is 6.61 Å². The Morgan fingerprint density at radius 1 is 1.33 bits per heavy atom. The summed E-state index contributed by atoms with van der Waals surface area (Å²) in [7, 11) is 0. The molecule has 2 bridgehead atoms. The molecule has 18 heavy (non-hydrogen) atoms. The summed E-state index contributed by atoms with van der Waals surface area (Å²) in [5.74, 6) is 0.790. The van der Waals surface area contributed by atoms with Gasteiger partial charge in [0.15, 0.2) is 0 Å². The van der Waals surface area contributed by atoms with Crippen molar-refractivity contribution < 1.29 is 19.1 Å². The molecule has 2 saturated carbocycles. The van der Waals surface area contributed by atoms with Crippen molar-refractivity contribution in [1.82, 2.24) is 0 Å². The lowest BCUT2D eigenvalue weighted by molar-refractivity contribution is -0.160. The van der Waals surface area contributed by atoms with Crippen LogP contribution in [0.1, 0.15) is 39.0 Å². The Hall–Kier alpha value is -1.06. The van der Waals surface area contributed by atoms with Crippen LogP contribution in [0.5, 0.6) is 0 Å². The van der Waals surface area contributed by atoms with Crippen molar-refractivity contribution in [3.63, 3.8) is 0 Å². The average Bonchev–Trinajstić information content (AvgIpc) is 3.03. The first-order valence-electron chi connectivity index (χ1n) is 7.02. The van der Waals surface area contributed by atoms with Gasteiger partial charge in [-0.25, -0.2) is 0 Å². The number of hydrogen-bond acceptors (Lipinski definition) is 4. The monoisotopic (exact) mass is 252 g/mol. The minimum Gasteiger partial charge on any atom is -0.465 e. The van der Waals surface area contributed by atoms with Gasteiger partial charge in [-0.05, 0) is 44.4 Å². The number of carbonyl (C=O) groups excluding carboxylic acids is 2. The Morgan fingerprint density at radius 2 is 2.17 bits per heavy atom. The van der Waals surface area contributed by atoms with Gasteiger partial charge in [-0.1, -0.05) is 6.42 Å². The fraction of sp³-hybridized carbons (Fsp3) is 0.857. The number of ether oxygens (including phenoxy) is 2. The molecule has 3 aliphatic rings. The number of fused-ring (bicyclic) bond motifs is 2. The van der Waals surface area contributed by atoms with Gasteiger partial charge >= 0.3 is 11.9 Å². The maximum absolute atomic E-state index is 12.1. The third-order valence-corrected chi connectivity index (χ3v) is 4.89. The molecule has 4 heteroatoms. The summed E-state index contributed by atoms with van der Waals surface area (Å²) in [5.41, 5.74) is 0. The van der Waals surface area contributed by atoms with E-state index in [0.29, 0.717) is 18.9 Å². The van der Waals surface area contributed by atoms with E-state index in [1.807, 2.05) is 6.92 Å². The first kappa shape index (κ1) is 12.0. The van der Waals surface area contributed by atoms with E-state index in [2.05, 4.69) is 0 Å². The molecular weight excluding hydrogens is 232 g/mol. The molecule has 0 aromatic rings. The second-order valence-corrected chi connectivity index (χ2v) is 5.99. The summed E-state index contributed by atoms with van der Waals surface area (Å²) in [5, 5.41) is 0. The predicted octanol–water partition coefficient (Wildman–Crippen LogP) is 1.92. The predicted molar refractivity (Wildman–Crippen MR) is 63.6 cm³/mol. The molecule has 0 N–H and O–H groups in total. The minimum atomic E-state index is -0.341. The van der Waals surface area contributed by atoms with Crippen LogP contribution in [-0.4, -0.2) is 24.6 Å². The highest BCUT2D eigenvalue weighted by Crippen LogP contribution is 2.48. The standard InChI is InChI=1S/C14H20O4/c1-8(11-4-5-17-13(11)15)18-14(16)12-7-9-2-3-10(12)6-9/h8-12H,2-7H2,1H3. The Morgan fingerprint density at radius 3 is 2.72 bits per heavy atom. The molecule has 5 unspecified atom stereocenters. The zero-order valence-corrected chi connectivity index (χ0v) is 10.8. The normalized spacial score (nSPS) is 39.7. The third kappa shape index (κ3) is 2.02. The van der Waals surface area contributed by atoms with Crippen LogP contribution in [0, 0.1) is 23.7 Å². The van der Waals surface area contributed by atoms with Crippen molar-refractivity contribution in [2.24, 2.45) is 23.7 Å². The van der Waals surface area contributed by atoms with Gasteiger partial charge in [0.2, 0.25) is 0 Å². The average molecular weight is 252 g/mol. The summed E-state index contributed by atoms with van der Waals surface area (Å²) in [6, 6.07) is 0. The maximum atomic E-state index is 12.1. The molecule has 0 radical (unpaired) electrons. The van der Waals surface area contributed by atoms with Crippen LogP contribution in [-0.2, 0) is 19.1 Å². The molecule has 1 aliphatic heterocycles. The van der Waals surface area contributed by atoms with E-state index in [1.54, 1.807) is 0 Å². The lowest BCUT2D eigenvalue weighted by atomic mass is 9.89. The third-order valence-electron chi connectivity index (χ3n) is 4.89. The maximum Gasteiger partial charge on any atom is 0.312 e. The van der Waals surface area contributed by atoms with Crippen molar-refractivity contribution in [3.8, 4) is 0 Å². The molecule has 100 valence electrons. The molecule has 3 fully saturated rings. The molecule has 0 amide bonds. The zero-order valence-electron chi connectivity index (χ0n) is 10.8. The van der Waals surface area contributed by atoms with E-state index in [9.17, 15) is 9.59 Å². The lowest BCUT2D eigenvalue weighted by Crippen LogP contribution is -2.32. The Kier molecular flexibility index (Phi) is 3.04. The zero-order chi connectivity index (χ0) is 12.7. The number of esters is 2. The molecular formula is C14H20O4. The SMILES string of the molecule is CC(OC(=O)C1CC2CCC1C2)C1CCOC1=O. The molecule has 2 aliphatic carbocycles. The fourth-order valence-electron chi connectivity index (χ4n) is 3.82. The second kappa shape index (κ2) is 4.56. The van der Waals surface area contributed by atoms with Crippen LogP contribution < -0.4 is 0 Å². The smallest absolute Gasteiger partial charge is 0.312 e. The van der Waals surface area contributed by atoms with Gasteiger partial charge in [-0.15, -0.1) is 0 Å². The van der Waals surface area contributed by atoms with E-state index in [-0.39, 0.29) is 29.9 Å². The van der Waals surface area contributed by atoms with Gasteiger partial charge < -0.3 is 9.47 Å². The number of carbonyl (C=O) groups is 2. The van der Waals surface area contributed by atoms with E-state index in [4.69, 9.17) is 9.47 Å². The van der Waals surface area contributed by atoms with Crippen molar-refractivity contribution >= 4 is 11.9 Å². The van der Waals surface area contributed by atoms with E-state index < -0.39 is 0 Å². The highest BCUT2D eigenvalue weighted by atomic mass is 16.6. The first-order chi connectivity index (χ1) is 8.65. The van der Waals surface area contributed by atoms with Crippen LogP contribution in [0.25, 0.3) is 0 Å². The molecule has 0 spiro atoms. The van der Waals surface area contributed by atoms with Crippen LogP contribution in [0.3, 0.4) is 0 Å². The minimum absolute atomic E-state index is 0.0867. The molecule has 0 aromatic heterocycles. The van der Waals surface area contributed by atoms with Crippen molar-refractivity contribution in [2.45, 2.75) is 45.1 Å². The Bertz CT molecular complexity index is 365.